The van der Waals surface area contributed by atoms with E-state index in [0.29, 0.717) is 11.4 Å². The van der Waals surface area contributed by atoms with Crippen molar-refractivity contribution in [3.05, 3.63) is 23.5 Å². The zero-order chi connectivity index (χ0) is 14.5. The number of nitrogens with one attached hydrogen (secondary N) is 2. The molecule has 8 nitrogen and oxygen atoms in total. The third-order valence-corrected chi connectivity index (χ3v) is 2.41. The minimum absolute atomic E-state index is 0.155. The van der Waals surface area contributed by atoms with Crippen LogP contribution in [0.1, 0.15) is 34.8 Å². The summed E-state index contributed by atoms with van der Waals surface area (Å²) >= 11 is 0. The zero-order valence-electron chi connectivity index (χ0n) is 11.1. The molecule has 0 radical (unpaired) electrons. The Balaban J connectivity index is 2.16. The van der Waals surface area contributed by atoms with Crippen molar-refractivity contribution in [2.24, 2.45) is 0 Å². The van der Waals surface area contributed by atoms with Gasteiger partial charge < -0.3 is 9.47 Å². The highest BCUT2D eigenvalue weighted by molar-refractivity contribution is 5.90. The first kappa shape index (κ1) is 13.8. The summed E-state index contributed by atoms with van der Waals surface area (Å²) in [6.07, 6.45) is 0. The van der Waals surface area contributed by atoms with Gasteiger partial charge in [-0.05, 0) is 13.8 Å². The number of carbonyl (C=O) groups is 2. The molecule has 0 saturated carbocycles. The number of ether oxygens (including phenoxy) is 2. The van der Waals surface area contributed by atoms with E-state index >= 15 is 0 Å². The Hall–Kier alpha value is -2.64. The summed E-state index contributed by atoms with van der Waals surface area (Å²) in [6.45, 7) is 3.99. The summed E-state index contributed by atoms with van der Waals surface area (Å²) in [6, 6.07) is 3.02. The van der Waals surface area contributed by atoms with Crippen LogP contribution in [-0.2, 0) is 9.47 Å². The minimum atomic E-state index is -0.517. The van der Waals surface area contributed by atoms with Crippen LogP contribution in [0.4, 0.5) is 0 Å². The molecule has 2 aromatic rings. The Morgan fingerprint density at radius 1 is 1.05 bits per heavy atom. The summed E-state index contributed by atoms with van der Waals surface area (Å²) in [4.78, 5) is 23.0. The van der Waals surface area contributed by atoms with Gasteiger partial charge in [-0.25, -0.2) is 9.59 Å². The van der Waals surface area contributed by atoms with Crippen molar-refractivity contribution in [1.82, 2.24) is 20.4 Å². The van der Waals surface area contributed by atoms with Gasteiger partial charge in [0.15, 0.2) is 5.69 Å². The van der Waals surface area contributed by atoms with Crippen LogP contribution in [0, 0.1) is 0 Å². The van der Waals surface area contributed by atoms with Gasteiger partial charge in [0.25, 0.3) is 0 Å². The molecule has 0 aromatic carbocycles. The molecule has 0 aliphatic rings. The molecule has 0 unspecified atom stereocenters. The van der Waals surface area contributed by atoms with Gasteiger partial charge in [-0.3, -0.25) is 10.2 Å². The number of H-pyrrole nitrogens is 2. The van der Waals surface area contributed by atoms with Gasteiger partial charge in [0.2, 0.25) is 0 Å². The molecule has 0 bridgehead atoms. The Morgan fingerprint density at radius 2 is 1.75 bits per heavy atom. The van der Waals surface area contributed by atoms with Crippen LogP contribution in [0.25, 0.3) is 11.4 Å². The highest BCUT2D eigenvalue weighted by atomic mass is 16.5. The number of esters is 2. The second kappa shape index (κ2) is 6.00. The first-order valence-electron chi connectivity index (χ1n) is 6.11. The maximum atomic E-state index is 11.5. The first-order chi connectivity index (χ1) is 9.65. The van der Waals surface area contributed by atoms with Gasteiger partial charge in [-0.2, -0.15) is 10.2 Å². The topological polar surface area (TPSA) is 110 Å². The molecule has 0 aliphatic carbocycles. The van der Waals surface area contributed by atoms with Crippen LogP contribution in [0.3, 0.4) is 0 Å². The van der Waals surface area contributed by atoms with Crippen molar-refractivity contribution >= 4 is 11.9 Å². The zero-order valence-corrected chi connectivity index (χ0v) is 11.1. The van der Waals surface area contributed by atoms with E-state index in [1.54, 1.807) is 13.8 Å². The summed E-state index contributed by atoms with van der Waals surface area (Å²) in [5, 5.41) is 13.0. The number of aromatic nitrogens is 4. The Morgan fingerprint density at radius 3 is 2.45 bits per heavy atom. The Bertz CT molecular complexity index is 562. The molecule has 0 atom stereocenters. The quantitative estimate of drug-likeness (QED) is 0.794. The summed E-state index contributed by atoms with van der Waals surface area (Å²) in [5.41, 5.74) is 1.34. The van der Waals surface area contributed by atoms with Crippen LogP contribution in [-0.4, -0.2) is 45.5 Å². The van der Waals surface area contributed by atoms with Crippen molar-refractivity contribution in [2.45, 2.75) is 13.8 Å². The van der Waals surface area contributed by atoms with Crippen molar-refractivity contribution in [1.29, 1.82) is 0 Å². The molecular weight excluding hydrogens is 264 g/mol. The standard InChI is InChI=1S/C12H14N4O4/c1-3-19-11(17)9-5-7(13-15-9)8-6-10(16-14-8)12(18)20-4-2/h5-6H,3-4H2,1-2H3,(H,13,15)(H,14,16). The van der Waals surface area contributed by atoms with Crippen LogP contribution in [0.15, 0.2) is 12.1 Å². The third kappa shape index (κ3) is 2.85. The van der Waals surface area contributed by atoms with Gasteiger partial charge in [0.1, 0.15) is 11.4 Å². The van der Waals surface area contributed by atoms with Crippen molar-refractivity contribution in [3.63, 3.8) is 0 Å². The largest absolute Gasteiger partial charge is 0.461 e. The van der Waals surface area contributed by atoms with Gasteiger partial charge >= 0.3 is 11.9 Å². The van der Waals surface area contributed by atoms with E-state index < -0.39 is 11.9 Å². The predicted octanol–water partition coefficient (Wildman–Crippen LogP) is 1.15. The van der Waals surface area contributed by atoms with Crippen molar-refractivity contribution in [3.8, 4) is 11.4 Å². The van der Waals surface area contributed by atoms with E-state index in [0.717, 1.165) is 0 Å². The monoisotopic (exact) mass is 278 g/mol. The molecule has 0 fully saturated rings. The number of hydrogen-bond acceptors (Lipinski definition) is 6. The fraction of sp³-hybridized carbons (Fsp3) is 0.333. The summed E-state index contributed by atoms with van der Waals surface area (Å²) in [7, 11) is 0. The first-order valence-corrected chi connectivity index (χ1v) is 6.11. The van der Waals surface area contributed by atoms with Gasteiger partial charge in [-0.1, -0.05) is 0 Å². The molecule has 2 N–H and O–H groups in total. The average Bonchev–Trinajstić information content (AvgIpc) is 3.08. The molecule has 0 aliphatic heterocycles. The number of nitrogens with zero attached hydrogens (tertiary/aromatic N) is 2. The highest BCUT2D eigenvalue weighted by Crippen LogP contribution is 2.16. The lowest BCUT2D eigenvalue weighted by Crippen LogP contribution is -2.04. The summed E-state index contributed by atoms with van der Waals surface area (Å²) in [5.74, 6) is -1.01. The summed E-state index contributed by atoms with van der Waals surface area (Å²) < 4.78 is 9.67. The van der Waals surface area contributed by atoms with Crippen LogP contribution < -0.4 is 0 Å². The number of carbonyl (C=O) groups excluding carboxylic acids is 2. The lowest BCUT2D eigenvalue weighted by Gasteiger charge is -1.95. The molecule has 0 saturated heterocycles. The Kier molecular flexibility index (Phi) is 4.14. The van der Waals surface area contributed by atoms with E-state index in [1.807, 2.05) is 0 Å². The van der Waals surface area contributed by atoms with E-state index in [9.17, 15) is 9.59 Å². The number of hydrogen-bond donors (Lipinski definition) is 2. The SMILES string of the molecule is CCOC(=O)c1cc(-c2cc(C(=O)OCC)[nH]n2)[nH]n1. The minimum Gasteiger partial charge on any atom is -0.461 e. The predicted molar refractivity (Wildman–Crippen MR) is 68.1 cm³/mol. The third-order valence-electron chi connectivity index (χ3n) is 2.41. The molecule has 2 heterocycles. The maximum absolute atomic E-state index is 11.5. The van der Waals surface area contributed by atoms with Gasteiger partial charge in [0, 0.05) is 12.1 Å². The molecule has 0 amide bonds. The highest BCUT2D eigenvalue weighted by Gasteiger charge is 2.16. The Labute approximate surface area is 114 Å². The van der Waals surface area contributed by atoms with Gasteiger partial charge in [-0.15, -0.1) is 0 Å². The fourth-order valence-electron chi connectivity index (χ4n) is 1.54. The van der Waals surface area contributed by atoms with Crippen molar-refractivity contribution in [2.75, 3.05) is 13.2 Å². The van der Waals surface area contributed by atoms with Crippen LogP contribution in [0.2, 0.25) is 0 Å². The maximum Gasteiger partial charge on any atom is 0.358 e. The average molecular weight is 278 g/mol. The second-order valence-electron chi connectivity index (χ2n) is 3.77. The van der Waals surface area contributed by atoms with Crippen LogP contribution >= 0.6 is 0 Å². The van der Waals surface area contributed by atoms with Crippen LogP contribution in [0.5, 0.6) is 0 Å². The number of rotatable bonds is 5. The van der Waals surface area contributed by atoms with E-state index in [1.165, 1.54) is 12.1 Å². The van der Waals surface area contributed by atoms with Crippen molar-refractivity contribution < 1.29 is 19.1 Å². The molecule has 8 heteroatoms. The lowest BCUT2D eigenvalue weighted by molar-refractivity contribution is 0.0510. The second-order valence-corrected chi connectivity index (χ2v) is 3.77. The van der Waals surface area contributed by atoms with Gasteiger partial charge in [0.05, 0.1) is 18.9 Å². The molecule has 2 aromatic heterocycles. The normalized spacial score (nSPS) is 10.3. The number of aromatic amines is 2. The van der Waals surface area contributed by atoms with E-state index in [4.69, 9.17) is 9.47 Å². The molecule has 20 heavy (non-hydrogen) atoms. The molecular formula is C12H14N4O4. The molecule has 0 spiro atoms. The molecule has 2 rings (SSSR count). The van der Waals surface area contributed by atoms with E-state index in [-0.39, 0.29) is 24.6 Å². The smallest absolute Gasteiger partial charge is 0.358 e. The fourth-order valence-corrected chi connectivity index (χ4v) is 1.54. The van der Waals surface area contributed by atoms with E-state index in [2.05, 4.69) is 20.4 Å². The lowest BCUT2D eigenvalue weighted by atomic mass is 10.2. The molecule has 106 valence electrons.